The highest BCUT2D eigenvalue weighted by atomic mass is 16.1. The lowest BCUT2D eigenvalue weighted by atomic mass is 10.00. The minimum atomic E-state index is 0.208. The number of carbonyl (C=O) groups excluding carboxylic acids is 1. The monoisotopic (exact) mass is 253 g/mol. The Bertz CT molecular complexity index is 262. The molecule has 1 unspecified atom stereocenters. The second-order valence-electron chi connectivity index (χ2n) is 6.18. The molecular formula is C14H27N3O. The van der Waals surface area contributed by atoms with Gasteiger partial charge in [-0.25, -0.2) is 0 Å². The number of rotatable bonds is 4. The van der Waals surface area contributed by atoms with Gasteiger partial charge < -0.3 is 15.5 Å². The van der Waals surface area contributed by atoms with Crippen molar-refractivity contribution in [3.63, 3.8) is 0 Å². The maximum atomic E-state index is 11.1. The van der Waals surface area contributed by atoms with Gasteiger partial charge in [0.15, 0.2) is 0 Å². The van der Waals surface area contributed by atoms with E-state index in [0.29, 0.717) is 18.5 Å². The molecule has 0 radical (unpaired) electrons. The standard InChI is InChI=1S/C14H27N3O/c1-11(2)10-17-7-5-12(6-8-17)16-13-3-4-14(18)15-9-13/h11-13,16H,3-10H2,1-2H3,(H,15,18). The molecule has 0 saturated carbocycles. The van der Waals surface area contributed by atoms with Gasteiger partial charge in [-0.1, -0.05) is 13.8 Å². The van der Waals surface area contributed by atoms with Gasteiger partial charge in [-0.3, -0.25) is 4.79 Å². The summed E-state index contributed by atoms with van der Waals surface area (Å²) in [5, 5.41) is 6.66. The number of amides is 1. The first-order chi connectivity index (χ1) is 8.63. The summed E-state index contributed by atoms with van der Waals surface area (Å²) in [6, 6.07) is 1.14. The summed E-state index contributed by atoms with van der Waals surface area (Å²) in [4.78, 5) is 13.7. The molecule has 0 bridgehead atoms. The molecular weight excluding hydrogens is 226 g/mol. The zero-order valence-corrected chi connectivity index (χ0v) is 11.7. The lowest BCUT2D eigenvalue weighted by Gasteiger charge is -2.36. The zero-order chi connectivity index (χ0) is 13.0. The highest BCUT2D eigenvalue weighted by Crippen LogP contribution is 2.14. The Kier molecular flexibility index (Phi) is 5.01. The Labute approximate surface area is 110 Å². The van der Waals surface area contributed by atoms with Crippen LogP contribution in [0.25, 0.3) is 0 Å². The van der Waals surface area contributed by atoms with Crippen LogP contribution in [0.4, 0.5) is 0 Å². The van der Waals surface area contributed by atoms with Crippen LogP contribution in [0, 0.1) is 5.92 Å². The molecule has 18 heavy (non-hydrogen) atoms. The van der Waals surface area contributed by atoms with Gasteiger partial charge in [0.2, 0.25) is 5.91 Å². The first-order valence-electron chi connectivity index (χ1n) is 7.38. The zero-order valence-electron chi connectivity index (χ0n) is 11.7. The number of nitrogens with zero attached hydrogens (tertiary/aromatic N) is 1. The molecule has 0 aromatic carbocycles. The summed E-state index contributed by atoms with van der Waals surface area (Å²) in [5.74, 6) is 0.975. The molecule has 2 aliphatic rings. The molecule has 1 atom stereocenters. The molecule has 2 saturated heterocycles. The van der Waals surface area contributed by atoms with Crippen molar-refractivity contribution in [2.45, 2.75) is 51.6 Å². The van der Waals surface area contributed by atoms with Crippen molar-refractivity contribution >= 4 is 5.91 Å². The Balaban J connectivity index is 1.65. The van der Waals surface area contributed by atoms with E-state index < -0.39 is 0 Å². The highest BCUT2D eigenvalue weighted by Gasteiger charge is 2.24. The van der Waals surface area contributed by atoms with Gasteiger partial charge in [0, 0.05) is 31.6 Å². The number of carbonyl (C=O) groups is 1. The molecule has 0 spiro atoms. The van der Waals surface area contributed by atoms with E-state index in [-0.39, 0.29) is 5.91 Å². The largest absolute Gasteiger partial charge is 0.355 e. The van der Waals surface area contributed by atoms with Crippen LogP contribution in [0.2, 0.25) is 0 Å². The molecule has 0 aliphatic carbocycles. The van der Waals surface area contributed by atoms with Crippen LogP contribution in [0.1, 0.15) is 39.5 Å². The fraction of sp³-hybridized carbons (Fsp3) is 0.929. The predicted molar refractivity (Wildman–Crippen MR) is 73.5 cm³/mol. The van der Waals surface area contributed by atoms with Crippen molar-refractivity contribution in [1.82, 2.24) is 15.5 Å². The van der Waals surface area contributed by atoms with Crippen molar-refractivity contribution in [2.75, 3.05) is 26.2 Å². The van der Waals surface area contributed by atoms with E-state index in [2.05, 4.69) is 29.4 Å². The Hall–Kier alpha value is -0.610. The molecule has 2 heterocycles. The molecule has 104 valence electrons. The van der Waals surface area contributed by atoms with E-state index in [4.69, 9.17) is 0 Å². The number of likely N-dealkylation sites (tertiary alicyclic amines) is 1. The van der Waals surface area contributed by atoms with Gasteiger partial charge >= 0.3 is 0 Å². The van der Waals surface area contributed by atoms with Crippen LogP contribution in [0.15, 0.2) is 0 Å². The quantitative estimate of drug-likeness (QED) is 0.785. The molecule has 2 N–H and O–H groups in total. The topological polar surface area (TPSA) is 44.4 Å². The Morgan fingerprint density at radius 2 is 2.00 bits per heavy atom. The van der Waals surface area contributed by atoms with E-state index in [9.17, 15) is 4.79 Å². The van der Waals surface area contributed by atoms with Gasteiger partial charge in [-0.15, -0.1) is 0 Å². The third-order valence-corrected chi connectivity index (χ3v) is 3.95. The Morgan fingerprint density at radius 3 is 2.56 bits per heavy atom. The summed E-state index contributed by atoms with van der Waals surface area (Å²) in [5.41, 5.74) is 0. The number of nitrogens with one attached hydrogen (secondary N) is 2. The van der Waals surface area contributed by atoms with Crippen molar-refractivity contribution in [3.05, 3.63) is 0 Å². The van der Waals surface area contributed by atoms with Crippen molar-refractivity contribution in [2.24, 2.45) is 5.92 Å². The van der Waals surface area contributed by atoms with Crippen molar-refractivity contribution < 1.29 is 4.79 Å². The average Bonchev–Trinajstić information content (AvgIpc) is 2.34. The lowest BCUT2D eigenvalue weighted by Crippen LogP contribution is -2.52. The maximum Gasteiger partial charge on any atom is 0.220 e. The molecule has 2 fully saturated rings. The van der Waals surface area contributed by atoms with Gasteiger partial charge in [0.1, 0.15) is 0 Å². The lowest BCUT2D eigenvalue weighted by molar-refractivity contribution is -0.122. The van der Waals surface area contributed by atoms with Crippen LogP contribution in [-0.4, -0.2) is 49.1 Å². The summed E-state index contributed by atoms with van der Waals surface area (Å²) >= 11 is 0. The molecule has 1 amide bonds. The molecule has 0 aromatic heterocycles. The smallest absolute Gasteiger partial charge is 0.220 e. The fourth-order valence-electron chi connectivity index (χ4n) is 3.01. The summed E-state index contributed by atoms with van der Waals surface area (Å²) in [7, 11) is 0. The van der Waals surface area contributed by atoms with Crippen LogP contribution in [0.5, 0.6) is 0 Å². The van der Waals surface area contributed by atoms with E-state index in [1.807, 2.05) is 0 Å². The number of hydrogen-bond donors (Lipinski definition) is 2. The van der Waals surface area contributed by atoms with E-state index in [1.54, 1.807) is 0 Å². The summed E-state index contributed by atoms with van der Waals surface area (Å²) < 4.78 is 0. The molecule has 4 heteroatoms. The van der Waals surface area contributed by atoms with Crippen molar-refractivity contribution in [3.8, 4) is 0 Å². The SMILES string of the molecule is CC(C)CN1CCC(NC2CCC(=O)NC2)CC1. The minimum absolute atomic E-state index is 0.208. The predicted octanol–water partition coefficient (Wildman–Crippen LogP) is 0.975. The van der Waals surface area contributed by atoms with Crippen LogP contribution < -0.4 is 10.6 Å². The van der Waals surface area contributed by atoms with Crippen LogP contribution in [0.3, 0.4) is 0 Å². The molecule has 4 nitrogen and oxygen atoms in total. The van der Waals surface area contributed by atoms with Gasteiger partial charge in [0.05, 0.1) is 0 Å². The minimum Gasteiger partial charge on any atom is -0.355 e. The maximum absolute atomic E-state index is 11.1. The molecule has 0 aromatic rings. The van der Waals surface area contributed by atoms with Gasteiger partial charge in [0.25, 0.3) is 0 Å². The van der Waals surface area contributed by atoms with Crippen LogP contribution in [-0.2, 0) is 4.79 Å². The second-order valence-corrected chi connectivity index (χ2v) is 6.18. The first kappa shape index (κ1) is 13.8. The third kappa shape index (κ3) is 4.25. The van der Waals surface area contributed by atoms with Crippen molar-refractivity contribution in [1.29, 1.82) is 0 Å². The normalized spacial score (nSPS) is 27.5. The van der Waals surface area contributed by atoms with Crippen LogP contribution >= 0.6 is 0 Å². The van der Waals surface area contributed by atoms with E-state index in [1.165, 1.54) is 32.5 Å². The van der Waals surface area contributed by atoms with Gasteiger partial charge in [-0.05, 0) is 38.3 Å². The van der Waals surface area contributed by atoms with E-state index in [0.717, 1.165) is 18.9 Å². The number of hydrogen-bond acceptors (Lipinski definition) is 3. The third-order valence-electron chi connectivity index (χ3n) is 3.95. The molecule has 2 aliphatic heterocycles. The number of piperidine rings is 2. The first-order valence-corrected chi connectivity index (χ1v) is 7.38. The average molecular weight is 253 g/mol. The summed E-state index contributed by atoms with van der Waals surface area (Å²) in [6.07, 6.45) is 4.18. The fourth-order valence-corrected chi connectivity index (χ4v) is 3.01. The highest BCUT2D eigenvalue weighted by molar-refractivity contribution is 5.76. The second kappa shape index (κ2) is 6.53. The summed E-state index contributed by atoms with van der Waals surface area (Å²) in [6.45, 7) is 9.05. The molecule has 2 rings (SSSR count). The van der Waals surface area contributed by atoms with Gasteiger partial charge in [-0.2, -0.15) is 0 Å². The van der Waals surface area contributed by atoms with E-state index >= 15 is 0 Å². The Morgan fingerprint density at radius 1 is 1.28 bits per heavy atom.